The summed E-state index contributed by atoms with van der Waals surface area (Å²) in [5.74, 6) is 0. The third-order valence-corrected chi connectivity index (χ3v) is 3.62. The lowest BCUT2D eigenvalue weighted by molar-refractivity contribution is 0.0872. The predicted molar refractivity (Wildman–Crippen MR) is 61.8 cm³/mol. The van der Waals surface area contributed by atoms with Crippen molar-refractivity contribution >= 4 is 11.6 Å². The summed E-state index contributed by atoms with van der Waals surface area (Å²) in [7, 11) is 0. The molecule has 2 nitrogen and oxygen atoms in total. The third-order valence-electron chi connectivity index (χ3n) is 3.28. The molecule has 0 heterocycles. The minimum absolute atomic E-state index is 0.481. The van der Waals surface area contributed by atoms with Crippen molar-refractivity contribution in [3.8, 4) is 0 Å². The zero-order chi connectivity index (χ0) is 10.9. The first-order chi connectivity index (χ1) is 7.13. The van der Waals surface area contributed by atoms with E-state index >= 15 is 0 Å². The number of hydrogen-bond acceptors (Lipinski definition) is 2. The highest BCUT2D eigenvalue weighted by molar-refractivity contribution is 6.31. The van der Waals surface area contributed by atoms with Crippen LogP contribution in [0.4, 0.5) is 0 Å². The lowest BCUT2D eigenvalue weighted by Crippen LogP contribution is -2.43. The number of halogens is 1. The highest BCUT2D eigenvalue weighted by Crippen LogP contribution is 2.39. The molecule has 1 saturated carbocycles. The number of rotatable bonds is 2. The highest BCUT2D eigenvalue weighted by Gasteiger charge is 2.38. The van der Waals surface area contributed by atoms with Crippen LogP contribution in [0.1, 0.15) is 37.4 Å². The van der Waals surface area contributed by atoms with Crippen molar-refractivity contribution in [1.82, 2.24) is 0 Å². The van der Waals surface area contributed by atoms with Gasteiger partial charge in [-0.3, -0.25) is 0 Å². The quantitative estimate of drug-likeness (QED) is 0.813. The summed E-state index contributed by atoms with van der Waals surface area (Å²) in [5, 5.41) is 10.8. The van der Waals surface area contributed by atoms with Gasteiger partial charge in [-0.25, -0.2) is 0 Å². The van der Waals surface area contributed by atoms with E-state index in [9.17, 15) is 5.11 Å². The molecule has 1 aliphatic carbocycles. The summed E-state index contributed by atoms with van der Waals surface area (Å²) < 4.78 is 0. The molecule has 15 heavy (non-hydrogen) atoms. The maximum atomic E-state index is 10.3. The second kappa shape index (κ2) is 4.12. The van der Waals surface area contributed by atoms with Gasteiger partial charge in [0.05, 0.1) is 6.10 Å². The zero-order valence-corrected chi connectivity index (χ0v) is 9.37. The Bertz CT molecular complexity index is 347. The van der Waals surface area contributed by atoms with Gasteiger partial charge in [0.2, 0.25) is 0 Å². The Morgan fingerprint density at radius 3 is 2.47 bits per heavy atom. The third kappa shape index (κ3) is 2.03. The lowest BCUT2D eigenvalue weighted by Gasteiger charge is -2.30. The van der Waals surface area contributed by atoms with Crippen molar-refractivity contribution in [3.05, 3.63) is 34.9 Å². The maximum Gasteiger partial charge on any atom is 0.0983 e. The fourth-order valence-electron chi connectivity index (χ4n) is 2.31. The molecule has 0 radical (unpaired) electrons. The summed E-state index contributed by atoms with van der Waals surface area (Å²) in [6, 6.07) is 7.37. The molecule has 3 heteroatoms. The first-order valence-corrected chi connectivity index (χ1v) is 5.73. The minimum Gasteiger partial charge on any atom is -0.386 e. The molecule has 0 aromatic heterocycles. The summed E-state index contributed by atoms with van der Waals surface area (Å²) in [4.78, 5) is 0. The van der Waals surface area contributed by atoms with Crippen LogP contribution in [0.5, 0.6) is 0 Å². The number of aliphatic hydroxyl groups excluding tert-OH is 1. The monoisotopic (exact) mass is 225 g/mol. The smallest absolute Gasteiger partial charge is 0.0983 e. The predicted octanol–water partition coefficient (Wildman–Crippen LogP) is 2.64. The van der Waals surface area contributed by atoms with Gasteiger partial charge in [0.25, 0.3) is 0 Å². The maximum absolute atomic E-state index is 10.3. The molecule has 0 aliphatic heterocycles. The zero-order valence-electron chi connectivity index (χ0n) is 8.62. The fourth-order valence-corrected chi connectivity index (χ4v) is 2.55. The largest absolute Gasteiger partial charge is 0.386 e. The van der Waals surface area contributed by atoms with Gasteiger partial charge in [-0.2, -0.15) is 0 Å². The molecule has 1 unspecified atom stereocenters. The minimum atomic E-state index is -0.645. The van der Waals surface area contributed by atoms with Gasteiger partial charge in [-0.15, -0.1) is 0 Å². The van der Waals surface area contributed by atoms with E-state index in [1.807, 2.05) is 18.2 Å². The first-order valence-electron chi connectivity index (χ1n) is 5.35. The van der Waals surface area contributed by atoms with Crippen LogP contribution in [0.3, 0.4) is 0 Å². The van der Waals surface area contributed by atoms with Crippen molar-refractivity contribution < 1.29 is 5.11 Å². The Labute approximate surface area is 95.1 Å². The molecule has 1 fully saturated rings. The van der Waals surface area contributed by atoms with Crippen LogP contribution in [0, 0.1) is 0 Å². The van der Waals surface area contributed by atoms with Crippen molar-refractivity contribution in [3.63, 3.8) is 0 Å². The number of aliphatic hydroxyl groups is 1. The molecule has 0 amide bonds. The molecule has 0 bridgehead atoms. The van der Waals surface area contributed by atoms with Gasteiger partial charge >= 0.3 is 0 Å². The van der Waals surface area contributed by atoms with E-state index in [1.165, 1.54) is 0 Å². The summed E-state index contributed by atoms with van der Waals surface area (Å²) in [6.45, 7) is 0. The van der Waals surface area contributed by atoms with E-state index in [0.717, 1.165) is 31.2 Å². The topological polar surface area (TPSA) is 46.2 Å². The van der Waals surface area contributed by atoms with Crippen LogP contribution >= 0.6 is 11.6 Å². The van der Waals surface area contributed by atoms with Crippen molar-refractivity contribution in [1.29, 1.82) is 0 Å². The molecular formula is C12H16ClNO. The molecule has 82 valence electrons. The number of benzene rings is 1. The van der Waals surface area contributed by atoms with Crippen molar-refractivity contribution in [2.75, 3.05) is 0 Å². The lowest BCUT2D eigenvalue weighted by atomic mass is 9.87. The second-order valence-electron chi connectivity index (χ2n) is 4.36. The Hall–Kier alpha value is -0.570. The average Bonchev–Trinajstić information content (AvgIpc) is 2.66. The summed E-state index contributed by atoms with van der Waals surface area (Å²) in [5.41, 5.74) is 6.47. The Kier molecular flexibility index (Phi) is 3.01. The molecule has 1 aliphatic rings. The molecule has 2 rings (SSSR count). The number of hydrogen-bond donors (Lipinski definition) is 2. The van der Waals surface area contributed by atoms with Crippen LogP contribution in [0.25, 0.3) is 0 Å². The van der Waals surface area contributed by atoms with Gasteiger partial charge < -0.3 is 10.8 Å². The molecular weight excluding hydrogens is 210 g/mol. The van der Waals surface area contributed by atoms with Crippen LogP contribution < -0.4 is 5.73 Å². The van der Waals surface area contributed by atoms with Gasteiger partial charge in [0, 0.05) is 16.1 Å². The fraction of sp³-hybridized carbons (Fsp3) is 0.500. The molecule has 1 aromatic carbocycles. The molecule has 0 spiro atoms. The van der Waals surface area contributed by atoms with Crippen LogP contribution in [0.2, 0.25) is 5.02 Å². The van der Waals surface area contributed by atoms with E-state index in [0.29, 0.717) is 5.02 Å². The molecule has 1 aromatic rings. The van der Waals surface area contributed by atoms with Gasteiger partial charge in [0.15, 0.2) is 0 Å². The standard InChI is InChI=1S/C12H16ClNO/c13-10-6-2-1-5-9(10)11(15)12(14)7-3-4-8-12/h1-2,5-6,11,15H,3-4,7-8,14H2. The second-order valence-corrected chi connectivity index (χ2v) is 4.77. The Balaban J connectivity index is 2.27. The average molecular weight is 226 g/mol. The summed E-state index contributed by atoms with van der Waals surface area (Å²) >= 11 is 6.04. The van der Waals surface area contributed by atoms with Crippen LogP contribution in [-0.4, -0.2) is 10.6 Å². The van der Waals surface area contributed by atoms with E-state index in [4.69, 9.17) is 17.3 Å². The molecule has 1 atom stereocenters. The summed E-state index contributed by atoms with van der Waals surface area (Å²) in [6.07, 6.45) is 3.29. The first kappa shape index (κ1) is 10.9. The SMILES string of the molecule is NC1(C(O)c2ccccc2Cl)CCCC1. The van der Waals surface area contributed by atoms with E-state index in [2.05, 4.69) is 0 Å². The van der Waals surface area contributed by atoms with Crippen LogP contribution in [-0.2, 0) is 0 Å². The number of nitrogens with two attached hydrogens (primary N) is 1. The molecule has 0 saturated heterocycles. The highest BCUT2D eigenvalue weighted by atomic mass is 35.5. The van der Waals surface area contributed by atoms with E-state index < -0.39 is 11.6 Å². The van der Waals surface area contributed by atoms with Gasteiger partial charge in [-0.1, -0.05) is 42.6 Å². The molecule has 3 N–H and O–H groups in total. The van der Waals surface area contributed by atoms with Crippen molar-refractivity contribution in [2.45, 2.75) is 37.3 Å². The Morgan fingerprint density at radius 2 is 1.87 bits per heavy atom. The normalized spacial score (nSPS) is 21.5. The van der Waals surface area contributed by atoms with E-state index in [-0.39, 0.29) is 0 Å². The van der Waals surface area contributed by atoms with Crippen molar-refractivity contribution in [2.24, 2.45) is 5.73 Å². The Morgan fingerprint density at radius 1 is 1.27 bits per heavy atom. The van der Waals surface area contributed by atoms with Crippen LogP contribution in [0.15, 0.2) is 24.3 Å². The van der Waals surface area contributed by atoms with E-state index in [1.54, 1.807) is 6.07 Å². The van der Waals surface area contributed by atoms with Gasteiger partial charge in [0.1, 0.15) is 0 Å². The van der Waals surface area contributed by atoms with Gasteiger partial charge in [-0.05, 0) is 18.9 Å².